The van der Waals surface area contributed by atoms with Gasteiger partial charge in [-0.15, -0.1) is 0 Å². The van der Waals surface area contributed by atoms with Gasteiger partial charge in [0, 0.05) is 61.9 Å². The molecule has 0 radical (unpaired) electrons. The van der Waals surface area contributed by atoms with Crippen LogP contribution in [0.4, 0.5) is 5.69 Å². The molecule has 1 aliphatic heterocycles. The predicted molar refractivity (Wildman–Crippen MR) is 141 cm³/mol. The Balaban J connectivity index is 1.39. The van der Waals surface area contributed by atoms with Crippen molar-refractivity contribution in [2.75, 3.05) is 18.4 Å². The second-order valence-electron chi connectivity index (χ2n) is 9.40. The number of aryl methyl sites for hydroxylation is 2. The number of amides is 2. The fraction of sp³-hybridized carbons (Fsp3) is 0.276. The van der Waals surface area contributed by atoms with Gasteiger partial charge in [0.25, 0.3) is 5.91 Å². The van der Waals surface area contributed by atoms with Crippen molar-refractivity contribution in [2.24, 2.45) is 5.92 Å². The van der Waals surface area contributed by atoms with Crippen LogP contribution in [-0.4, -0.2) is 50.1 Å². The average Bonchev–Trinajstić information content (AvgIpc) is 3.35. The molecule has 2 aromatic carbocycles. The number of imidazole rings is 1. The molecule has 4 aromatic rings. The molecule has 5 rings (SSSR count). The summed E-state index contributed by atoms with van der Waals surface area (Å²) in [6, 6.07) is 18.5. The highest BCUT2D eigenvalue weighted by molar-refractivity contribution is 6.05. The Kier molecular flexibility index (Phi) is 7.07. The minimum atomic E-state index is -0.232. The smallest absolute Gasteiger partial charge is 0.254 e. The van der Waals surface area contributed by atoms with Gasteiger partial charge in [0.05, 0.1) is 23.0 Å². The molecule has 1 N–H and O–H groups in total. The first kappa shape index (κ1) is 24.4. The fourth-order valence-corrected chi connectivity index (χ4v) is 4.96. The molecule has 37 heavy (non-hydrogen) atoms. The number of hydrogen-bond acceptors (Lipinski definition) is 5. The zero-order chi connectivity index (χ0) is 25.8. The molecule has 0 bridgehead atoms. The summed E-state index contributed by atoms with van der Waals surface area (Å²) in [4.78, 5) is 49.3. The van der Waals surface area contributed by atoms with Crippen LogP contribution < -0.4 is 5.32 Å². The molecule has 8 nitrogen and oxygen atoms in total. The van der Waals surface area contributed by atoms with Gasteiger partial charge in [0.2, 0.25) is 5.91 Å². The van der Waals surface area contributed by atoms with Crippen LogP contribution in [0.3, 0.4) is 0 Å². The van der Waals surface area contributed by atoms with E-state index in [1.165, 1.54) is 6.92 Å². The Labute approximate surface area is 215 Å². The second-order valence-corrected chi connectivity index (χ2v) is 9.40. The molecule has 1 saturated heterocycles. The first-order valence-electron chi connectivity index (χ1n) is 12.5. The number of nitrogens with one attached hydrogen (secondary N) is 1. The number of carbonyl (C=O) groups excluding carboxylic acids is 3. The molecular weight excluding hydrogens is 466 g/mol. The molecule has 0 saturated carbocycles. The number of rotatable bonds is 7. The van der Waals surface area contributed by atoms with Crippen molar-refractivity contribution in [1.82, 2.24) is 19.4 Å². The Hall–Kier alpha value is -4.33. The van der Waals surface area contributed by atoms with Gasteiger partial charge >= 0.3 is 0 Å². The van der Waals surface area contributed by atoms with Gasteiger partial charge in [-0.2, -0.15) is 0 Å². The number of pyridine rings is 1. The van der Waals surface area contributed by atoms with Crippen molar-refractivity contribution < 1.29 is 14.4 Å². The first-order valence-corrected chi connectivity index (χ1v) is 12.5. The molecule has 1 aliphatic rings. The number of carbonyl (C=O) groups is 3. The lowest BCUT2D eigenvalue weighted by Crippen LogP contribution is -2.42. The zero-order valence-corrected chi connectivity index (χ0v) is 20.8. The van der Waals surface area contributed by atoms with Crippen LogP contribution in [0.15, 0.2) is 73.2 Å². The maximum absolute atomic E-state index is 13.6. The number of fused-ring (bicyclic) bond motifs is 1. The third-order valence-corrected chi connectivity index (χ3v) is 6.74. The van der Waals surface area contributed by atoms with Crippen LogP contribution in [-0.2, 0) is 17.8 Å². The minimum absolute atomic E-state index is 0.0686. The first-order chi connectivity index (χ1) is 18.0. The number of Topliss-reactive ketones (excluding diaryl/α,β-unsaturated/α-hetero) is 1. The lowest BCUT2D eigenvalue weighted by molar-refractivity contribution is -0.114. The van der Waals surface area contributed by atoms with Crippen LogP contribution in [0.2, 0.25) is 0 Å². The maximum atomic E-state index is 13.6. The van der Waals surface area contributed by atoms with E-state index < -0.39 is 0 Å². The normalized spacial score (nSPS) is 15.5. The summed E-state index contributed by atoms with van der Waals surface area (Å²) in [6.07, 6.45) is 5.71. The lowest BCUT2D eigenvalue weighted by Gasteiger charge is -2.32. The molecule has 1 atom stereocenters. The number of piperidine rings is 1. The molecule has 2 amide bonds. The standard InChI is InChI=1S/C29H29N5O3/c1-20(35)32-26-17-23(16-25-27(26)34(19-31-25)15-12-24-11-5-6-13-30-24)29(37)33-14-7-10-22(18-33)28(36)21-8-3-2-4-9-21/h2-6,8-9,11,13,16-17,19,22H,7,10,12,14-15,18H2,1H3,(H,32,35). The van der Waals surface area contributed by atoms with E-state index in [0.717, 1.165) is 24.1 Å². The number of hydrogen-bond donors (Lipinski definition) is 1. The Morgan fingerprint density at radius 2 is 1.81 bits per heavy atom. The number of aromatic nitrogens is 3. The van der Waals surface area contributed by atoms with Crippen molar-refractivity contribution in [3.8, 4) is 0 Å². The average molecular weight is 496 g/mol. The molecule has 8 heteroatoms. The van der Waals surface area contributed by atoms with Gasteiger partial charge in [-0.25, -0.2) is 4.98 Å². The van der Waals surface area contributed by atoms with Crippen LogP contribution in [0.1, 0.15) is 46.2 Å². The molecular formula is C29H29N5O3. The van der Waals surface area contributed by atoms with Crippen LogP contribution in [0.25, 0.3) is 11.0 Å². The van der Waals surface area contributed by atoms with E-state index in [-0.39, 0.29) is 23.5 Å². The van der Waals surface area contributed by atoms with Gasteiger partial charge in [-0.3, -0.25) is 19.4 Å². The predicted octanol–water partition coefficient (Wildman–Crippen LogP) is 4.37. The van der Waals surface area contributed by atoms with E-state index in [1.54, 1.807) is 29.6 Å². The van der Waals surface area contributed by atoms with Gasteiger partial charge < -0.3 is 14.8 Å². The monoisotopic (exact) mass is 495 g/mol. The summed E-state index contributed by atoms with van der Waals surface area (Å²) in [7, 11) is 0. The van der Waals surface area contributed by atoms with Gasteiger partial charge in [-0.1, -0.05) is 36.4 Å². The minimum Gasteiger partial charge on any atom is -0.338 e. The Morgan fingerprint density at radius 1 is 1.00 bits per heavy atom. The summed E-state index contributed by atoms with van der Waals surface area (Å²) in [5, 5.41) is 2.88. The van der Waals surface area contributed by atoms with Crippen molar-refractivity contribution in [1.29, 1.82) is 0 Å². The van der Waals surface area contributed by atoms with Crippen molar-refractivity contribution in [2.45, 2.75) is 32.7 Å². The van der Waals surface area contributed by atoms with E-state index in [9.17, 15) is 14.4 Å². The van der Waals surface area contributed by atoms with E-state index in [0.29, 0.717) is 48.4 Å². The van der Waals surface area contributed by atoms with Gasteiger partial charge in [-0.05, 0) is 37.1 Å². The molecule has 3 heterocycles. The van der Waals surface area contributed by atoms with Crippen molar-refractivity contribution in [3.05, 3.63) is 90.0 Å². The highest BCUT2D eigenvalue weighted by atomic mass is 16.2. The van der Waals surface area contributed by atoms with Gasteiger partial charge in [0.1, 0.15) is 0 Å². The van der Waals surface area contributed by atoms with Crippen LogP contribution in [0.5, 0.6) is 0 Å². The number of likely N-dealkylation sites (tertiary alicyclic amines) is 1. The third kappa shape index (κ3) is 5.43. The molecule has 1 fully saturated rings. The van der Waals surface area contributed by atoms with E-state index in [2.05, 4.69) is 15.3 Å². The lowest BCUT2D eigenvalue weighted by atomic mass is 9.89. The summed E-state index contributed by atoms with van der Waals surface area (Å²) in [5.74, 6) is -0.555. The fourth-order valence-electron chi connectivity index (χ4n) is 4.96. The Bertz CT molecular complexity index is 1430. The highest BCUT2D eigenvalue weighted by Gasteiger charge is 2.30. The van der Waals surface area contributed by atoms with E-state index in [4.69, 9.17) is 0 Å². The zero-order valence-electron chi connectivity index (χ0n) is 20.8. The molecule has 1 unspecified atom stereocenters. The number of nitrogens with zero attached hydrogens (tertiary/aromatic N) is 4. The quantitative estimate of drug-likeness (QED) is 0.384. The largest absolute Gasteiger partial charge is 0.338 e. The number of anilines is 1. The van der Waals surface area contributed by atoms with Crippen LogP contribution >= 0.6 is 0 Å². The number of ketones is 1. The summed E-state index contributed by atoms with van der Waals surface area (Å²) in [6.45, 7) is 3.03. The summed E-state index contributed by atoms with van der Waals surface area (Å²) < 4.78 is 1.97. The van der Waals surface area contributed by atoms with E-state index in [1.807, 2.05) is 53.1 Å². The second kappa shape index (κ2) is 10.7. The van der Waals surface area contributed by atoms with Gasteiger partial charge in [0.15, 0.2) is 5.78 Å². The maximum Gasteiger partial charge on any atom is 0.254 e. The van der Waals surface area contributed by atoms with Crippen LogP contribution in [0, 0.1) is 5.92 Å². The summed E-state index contributed by atoms with van der Waals surface area (Å²) >= 11 is 0. The van der Waals surface area contributed by atoms with E-state index >= 15 is 0 Å². The topological polar surface area (TPSA) is 97.2 Å². The third-order valence-electron chi connectivity index (χ3n) is 6.74. The number of benzene rings is 2. The SMILES string of the molecule is CC(=O)Nc1cc(C(=O)N2CCCC(C(=O)c3ccccc3)C2)cc2ncn(CCc3ccccn3)c12. The van der Waals surface area contributed by atoms with Crippen molar-refractivity contribution in [3.63, 3.8) is 0 Å². The molecule has 2 aromatic heterocycles. The highest BCUT2D eigenvalue weighted by Crippen LogP contribution is 2.28. The molecule has 188 valence electrons. The Morgan fingerprint density at radius 3 is 2.57 bits per heavy atom. The molecule has 0 spiro atoms. The van der Waals surface area contributed by atoms with Crippen molar-refractivity contribution >= 4 is 34.3 Å². The summed E-state index contributed by atoms with van der Waals surface area (Å²) in [5.41, 5.74) is 4.01. The molecule has 0 aliphatic carbocycles.